The maximum atomic E-state index is 13.9. The predicted molar refractivity (Wildman–Crippen MR) is 80.5 cm³/mol. The molecular formula is C15H16FN5. The zero-order valence-corrected chi connectivity index (χ0v) is 11.6. The molecule has 3 rings (SSSR count). The first-order valence-electron chi connectivity index (χ1n) is 6.74. The Kier molecular flexibility index (Phi) is 3.53. The molecule has 1 aromatic carbocycles. The van der Waals surface area contributed by atoms with Crippen LogP contribution in [-0.2, 0) is 0 Å². The summed E-state index contributed by atoms with van der Waals surface area (Å²) in [5.74, 6) is 0.438. The third-order valence-corrected chi connectivity index (χ3v) is 3.11. The topological polar surface area (TPSA) is 68.2 Å². The number of benzene rings is 1. The summed E-state index contributed by atoms with van der Waals surface area (Å²) in [6.45, 7) is 2.50. The van der Waals surface area contributed by atoms with Gasteiger partial charge in [-0.15, -0.1) is 0 Å². The Morgan fingerprint density at radius 2 is 2.14 bits per heavy atom. The summed E-state index contributed by atoms with van der Waals surface area (Å²) in [6.07, 6.45) is 1.66. The Bertz CT molecular complexity index is 766. The molecule has 0 aliphatic carbocycles. The van der Waals surface area contributed by atoms with Gasteiger partial charge in [-0.05, 0) is 19.1 Å². The number of halogens is 1. The number of nitrogens with one attached hydrogen (secondary N) is 1. The molecule has 0 radical (unpaired) electrons. The Hall–Kier alpha value is -2.47. The first-order chi connectivity index (χ1) is 10.1. The highest BCUT2D eigenvalue weighted by atomic mass is 19.1. The van der Waals surface area contributed by atoms with Gasteiger partial charge in [0.15, 0.2) is 5.65 Å². The lowest BCUT2D eigenvalue weighted by molar-refractivity contribution is 0.630. The highest BCUT2D eigenvalue weighted by Crippen LogP contribution is 2.24. The summed E-state index contributed by atoms with van der Waals surface area (Å²) in [7, 11) is 0. The van der Waals surface area contributed by atoms with Gasteiger partial charge in [0.25, 0.3) is 0 Å². The maximum Gasteiger partial charge on any atom is 0.157 e. The molecule has 0 bridgehead atoms. The van der Waals surface area contributed by atoms with E-state index in [-0.39, 0.29) is 11.9 Å². The van der Waals surface area contributed by atoms with Crippen LogP contribution < -0.4 is 11.1 Å². The molecule has 0 aliphatic rings. The van der Waals surface area contributed by atoms with Crippen molar-refractivity contribution in [3.8, 4) is 11.3 Å². The maximum absolute atomic E-state index is 13.9. The van der Waals surface area contributed by atoms with Crippen LogP contribution in [0.1, 0.15) is 6.92 Å². The van der Waals surface area contributed by atoms with Gasteiger partial charge < -0.3 is 11.1 Å². The molecule has 0 spiro atoms. The standard InChI is InChI=1S/C15H16FN5/c1-10(17)9-18-15-8-13(11-4-2-3-5-12(11)16)20-14-6-7-19-21(14)15/h2-8,10,18H,9,17H2,1H3/t10-/m0/s1. The van der Waals surface area contributed by atoms with E-state index in [2.05, 4.69) is 15.4 Å². The Labute approximate surface area is 121 Å². The zero-order chi connectivity index (χ0) is 14.8. The molecule has 21 heavy (non-hydrogen) atoms. The lowest BCUT2D eigenvalue weighted by Gasteiger charge is -2.12. The molecule has 0 unspecified atom stereocenters. The summed E-state index contributed by atoms with van der Waals surface area (Å²) < 4.78 is 15.6. The molecule has 0 fully saturated rings. The fourth-order valence-corrected chi connectivity index (χ4v) is 2.11. The van der Waals surface area contributed by atoms with Crippen LogP contribution in [0.15, 0.2) is 42.6 Å². The largest absolute Gasteiger partial charge is 0.368 e. The molecular weight excluding hydrogens is 269 g/mol. The van der Waals surface area contributed by atoms with Crippen molar-refractivity contribution in [1.82, 2.24) is 14.6 Å². The highest BCUT2D eigenvalue weighted by molar-refractivity contribution is 5.66. The summed E-state index contributed by atoms with van der Waals surface area (Å²) in [4.78, 5) is 4.44. The van der Waals surface area contributed by atoms with Gasteiger partial charge in [-0.3, -0.25) is 0 Å². The van der Waals surface area contributed by atoms with E-state index in [0.29, 0.717) is 23.4 Å². The SMILES string of the molecule is C[C@H](N)CNc1cc(-c2ccccc2F)nc2ccnn12. The molecule has 0 aliphatic heterocycles. The van der Waals surface area contributed by atoms with E-state index in [1.165, 1.54) is 6.07 Å². The molecule has 3 N–H and O–H groups in total. The van der Waals surface area contributed by atoms with Crippen molar-refractivity contribution in [2.24, 2.45) is 5.73 Å². The van der Waals surface area contributed by atoms with Crippen LogP contribution in [0.3, 0.4) is 0 Å². The number of hydrogen-bond acceptors (Lipinski definition) is 4. The van der Waals surface area contributed by atoms with Gasteiger partial charge in [0.1, 0.15) is 11.6 Å². The highest BCUT2D eigenvalue weighted by Gasteiger charge is 2.11. The van der Waals surface area contributed by atoms with Gasteiger partial charge >= 0.3 is 0 Å². The molecule has 0 saturated carbocycles. The van der Waals surface area contributed by atoms with Gasteiger partial charge in [-0.1, -0.05) is 12.1 Å². The summed E-state index contributed by atoms with van der Waals surface area (Å²) in [5.41, 5.74) is 7.45. The smallest absolute Gasteiger partial charge is 0.157 e. The first-order valence-corrected chi connectivity index (χ1v) is 6.74. The van der Waals surface area contributed by atoms with Crippen LogP contribution in [0.2, 0.25) is 0 Å². The van der Waals surface area contributed by atoms with Crippen molar-refractivity contribution in [3.05, 3.63) is 48.4 Å². The molecule has 6 heteroatoms. The molecule has 2 heterocycles. The van der Waals surface area contributed by atoms with Gasteiger partial charge in [-0.2, -0.15) is 9.61 Å². The van der Waals surface area contributed by atoms with Crippen LogP contribution in [-0.4, -0.2) is 27.2 Å². The van der Waals surface area contributed by atoms with Gasteiger partial charge in [0.2, 0.25) is 0 Å². The minimum atomic E-state index is -0.299. The lowest BCUT2D eigenvalue weighted by atomic mass is 10.1. The van der Waals surface area contributed by atoms with E-state index in [1.807, 2.05) is 6.92 Å². The monoisotopic (exact) mass is 285 g/mol. The Morgan fingerprint density at radius 3 is 2.90 bits per heavy atom. The van der Waals surface area contributed by atoms with Crippen molar-refractivity contribution in [1.29, 1.82) is 0 Å². The number of rotatable bonds is 4. The number of anilines is 1. The molecule has 3 aromatic rings. The van der Waals surface area contributed by atoms with E-state index in [4.69, 9.17) is 5.73 Å². The van der Waals surface area contributed by atoms with Crippen LogP contribution in [0, 0.1) is 5.82 Å². The van der Waals surface area contributed by atoms with Crippen molar-refractivity contribution in [2.75, 3.05) is 11.9 Å². The molecule has 0 saturated heterocycles. The van der Waals surface area contributed by atoms with Crippen molar-refractivity contribution in [2.45, 2.75) is 13.0 Å². The second-order valence-corrected chi connectivity index (χ2v) is 4.97. The summed E-state index contributed by atoms with van der Waals surface area (Å²) >= 11 is 0. The van der Waals surface area contributed by atoms with Crippen molar-refractivity contribution >= 4 is 11.5 Å². The van der Waals surface area contributed by atoms with Crippen LogP contribution in [0.4, 0.5) is 10.2 Å². The van der Waals surface area contributed by atoms with Crippen molar-refractivity contribution in [3.63, 3.8) is 0 Å². The minimum absolute atomic E-state index is 0.000638. The second-order valence-electron chi connectivity index (χ2n) is 4.97. The van der Waals surface area contributed by atoms with E-state index in [9.17, 15) is 4.39 Å². The summed E-state index contributed by atoms with van der Waals surface area (Å²) in [6, 6.07) is 10.1. The van der Waals surface area contributed by atoms with Crippen LogP contribution in [0.25, 0.3) is 16.9 Å². The normalized spacial score (nSPS) is 12.5. The van der Waals surface area contributed by atoms with Crippen LogP contribution in [0.5, 0.6) is 0 Å². The number of nitrogens with two attached hydrogens (primary N) is 1. The predicted octanol–water partition coefficient (Wildman–Crippen LogP) is 2.29. The third-order valence-electron chi connectivity index (χ3n) is 3.11. The first kappa shape index (κ1) is 13.5. The Morgan fingerprint density at radius 1 is 1.33 bits per heavy atom. The van der Waals surface area contributed by atoms with E-state index >= 15 is 0 Å². The van der Waals surface area contributed by atoms with Crippen LogP contribution >= 0.6 is 0 Å². The lowest BCUT2D eigenvalue weighted by Crippen LogP contribution is -2.26. The number of aromatic nitrogens is 3. The fraction of sp³-hybridized carbons (Fsp3) is 0.200. The van der Waals surface area contributed by atoms with Gasteiger partial charge in [-0.25, -0.2) is 9.37 Å². The Balaban J connectivity index is 2.10. The van der Waals surface area contributed by atoms with Crippen molar-refractivity contribution < 1.29 is 4.39 Å². The summed E-state index contributed by atoms with van der Waals surface area (Å²) in [5, 5.41) is 7.43. The molecule has 0 amide bonds. The molecule has 1 atom stereocenters. The number of hydrogen-bond donors (Lipinski definition) is 2. The van der Waals surface area contributed by atoms with E-state index in [0.717, 1.165) is 5.82 Å². The quantitative estimate of drug-likeness (QED) is 0.771. The van der Waals surface area contributed by atoms with Gasteiger partial charge in [0, 0.05) is 30.3 Å². The third kappa shape index (κ3) is 2.71. The number of fused-ring (bicyclic) bond motifs is 1. The average molecular weight is 285 g/mol. The van der Waals surface area contributed by atoms with E-state index < -0.39 is 0 Å². The number of nitrogens with zero attached hydrogens (tertiary/aromatic N) is 3. The minimum Gasteiger partial charge on any atom is -0.368 e. The molecule has 108 valence electrons. The zero-order valence-electron chi connectivity index (χ0n) is 11.6. The van der Waals surface area contributed by atoms with Gasteiger partial charge in [0.05, 0.1) is 11.9 Å². The molecule has 2 aromatic heterocycles. The fourth-order valence-electron chi connectivity index (χ4n) is 2.11. The molecule has 5 nitrogen and oxygen atoms in total. The second kappa shape index (κ2) is 5.49. The average Bonchev–Trinajstić information content (AvgIpc) is 2.93. The van der Waals surface area contributed by atoms with E-state index in [1.54, 1.807) is 41.0 Å².